The van der Waals surface area contributed by atoms with Crippen molar-refractivity contribution >= 4 is 34.2 Å². The summed E-state index contributed by atoms with van der Waals surface area (Å²) in [4.78, 5) is 40.5. The molecule has 3 aromatic rings. The van der Waals surface area contributed by atoms with Crippen LogP contribution in [0.1, 0.15) is 33.6 Å². The first kappa shape index (κ1) is 19.5. The molecule has 1 aliphatic carbocycles. The molecule has 4 rings (SSSR count). The van der Waals surface area contributed by atoms with Crippen LogP contribution in [0.3, 0.4) is 0 Å². The van der Waals surface area contributed by atoms with Crippen LogP contribution in [0.4, 0.5) is 11.4 Å². The number of hydrogen-bond donors (Lipinski definition) is 1. The lowest BCUT2D eigenvalue weighted by molar-refractivity contribution is -0.384. The predicted octanol–water partition coefficient (Wildman–Crippen LogP) is 3.74. The number of ether oxygens (including phenoxy) is 1. The molecule has 1 amide bonds. The number of nitro benzene ring substituents is 1. The zero-order valence-electron chi connectivity index (χ0n) is 16.3. The maximum absolute atomic E-state index is 12.9. The Labute approximate surface area is 172 Å². The van der Waals surface area contributed by atoms with Crippen molar-refractivity contribution in [2.45, 2.75) is 26.2 Å². The standard InChI is InChI=1S/C22H19N3O5/c1-13-6-4-11-18(25(28)29)21(13)24-19(26)12-30-22(27)20-14-7-2-3-9-16(14)23-17-10-5-8-15(17)20/h2-4,6-7,9,11H,5,8,10,12H2,1H3,(H,24,26). The van der Waals surface area contributed by atoms with E-state index in [0.717, 1.165) is 30.5 Å². The average Bonchev–Trinajstić information content (AvgIpc) is 3.19. The highest BCUT2D eigenvalue weighted by molar-refractivity contribution is 6.06. The molecule has 2 aromatic carbocycles. The fraction of sp³-hybridized carbons (Fsp3) is 0.227. The predicted molar refractivity (Wildman–Crippen MR) is 111 cm³/mol. The normalized spacial score (nSPS) is 12.4. The van der Waals surface area contributed by atoms with Gasteiger partial charge < -0.3 is 10.1 Å². The molecule has 8 heteroatoms. The Morgan fingerprint density at radius 3 is 2.77 bits per heavy atom. The average molecular weight is 405 g/mol. The minimum Gasteiger partial charge on any atom is -0.452 e. The maximum Gasteiger partial charge on any atom is 0.339 e. The zero-order chi connectivity index (χ0) is 21.3. The van der Waals surface area contributed by atoms with Crippen LogP contribution < -0.4 is 5.32 Å². The molecule has 1 aromatic heterocycles. The third kappa shape index (κ3) is 3.59. The Morgan fingerprint density at radius 1 is 1.17 bits per heavy atom. The summed E-state index contributed by atoms with van der Waals surface area (Å²) < 4.78 is 5.29. The molecule has 152 valence electrons. The third-order valence-corrected chi connectivity index (χ3v) is 5.17. The van der Waals surface area contributed by atoms with E-state index in [2.05, 4.69) is 10.3 Å². The Hall–Kier alpha value is -3.81. The molecule has 0 bridgehead atoms. The number of anilines is 1. The number of aryl methyl sites for hydroxylation is 2. The van der Waals surface area contributed by atoms with Gasteiger partial charge in [0, 0.05) is 17.1 Å². The molecule has 1 heterocycles. The van der Waals surface area contributed by atoms with Crippen LogP contribution in [0.25, 0.3) is 10.9 Å². The quantitative estimate of drug-likeness (QED) is 0.393. The second-order valence-corrected chi connectivity index (χ2v) is 7.13. The number of fused-ring (bicyclic) bond motifs is 2. The number of pyridine rings is 1. The Morgan fingerprint density at radius 2 is 1.97 bits per heavy atom. The van der Waals surface area contributed by atoms with Crippen molar-refractivity contribution in [1.29, 1.82) is 0 Å². The molecule has 0 fully saturated rings. The summed E-state index contributed by atoms with van der Waals surface area (Å²) >= 11 is 0. The minimum absolute atomic E-state index is 0.0961. The van der Waals surface area contributed by atoms with Gasteiger partial charge in [-0.3, -0.25) is 19.9 Å². The lowest BCUT2D eigenvalue weighted by Gasteiger charge is -2.13. The summed E-state index contributed by atoms with van der Waals surface area (Å²) in [6, 6.07) is 11.8. The highest BCUT2D eigenvalue weighted by Gasteiger charge is 2.25. The zero-order valence-corrected chi connectivity index (χ0v) is 16.3. The fourth-order valence-corrected chi connectivity index (χ4v) is 3.79. The molecule has 0 unspecified atom stereocenters. The molecule has 0 aliphatic heterocycles. The first-order valence-electron chi connectivity index (χ1n) is 9.57. The van der Waals surface area contributed by atoms with Gasteiger partial charge in [-0.25, -0.2) is 4.79 Å². The molecule has 0 spiro atoms. The number of nitrogens with zero attached hydrogens (tertiary/aromatic N) is 2. The van der Waals surface area contributed by atoms with Crippen LogP contribution in [-0.4, -0.2) is 28.4 Å². The number of benzene rings is 2. The van der Waals surface area contributed by atoms with Crippen molar-refractivity contribution in [3.05, 3.63) is 75.0 Å². The van der Waals surface area contributed by atoms with E-state index in [0.29, 0.717) is 22.0 Å². The number of para-hydroxylation sites is 2. The minimum atomic E-state index is -0.643. The van der Waals surface area contributed by atoms with Gasteiger partial charge in [0.05, 0.1) is 16.0 Å². The summed E-state index contributed by atoms with van der Waals surface area (Å²) in [5.74, 6) is -1.24. The van der Waals surface area contributed by atoms with E-state index in [4.69, 9.17) is 4.74 Å². The van der Waals surface area contributed by atoms with E-state index in [1.54, 1.807) is 13.0 Å². The van der Waals surface area contributed by atoms with E-state index in [-0.39, 0.29) is 11.4 Å². The van der Waals surface area contributed by atoms with Gasteiger partial charge in [0.25, 0.3) is 11.6 Å². The van der Waals surface area contributed by atoms with Crippen molar-refractivity contribution in [2.75, 3.05) is 11.9 Å². The van der Waals surface area contributed by atoms with Crippen molar-refractivity contribution < 1.29 is 19.2 Å². The number of hydrogen-bond acceptors (Lipinski definition) is 6. The van der Waals surface area contributed by atoms with Crippen molar-refractivity contribution in [1.82, 2.24) is 4.98 Å². The monoisotopic (exact) mass is 405 g/mol. The van der Waals surface area contributed by atoms with Crippen molar-refractivity contribution in [3.63, 3.8) is 0 Å². The van der Waals surface area contributed by atoms with Crippen LogP contribution in [-0.2, 0) is 22.4 Å². The number of carbonyl (C=O) groups excluding carboxylic acids is 2. The van der Waals surface area contributed by atoms with Gasteiger partial charge in [-0.1, -0.05) is 30.3 Å². The largest absolute Gasteiger partial charge is 0.452 e. The molecule has 30 heavy (non-hydrogen) atoms. The van der Waals surface area contributed by atoms with E-state index in [1.165, 1.54) is 12.1 Å². The number of rotatable bonds is 5. The van der Waals surface area contributed by atoms with Gasteiger partial charge in [0.2, 0.25) is 0 Å². The highest BCUT2D eigenvalue weighted by atomic mass is 16.6. The molecule has 1 aliphatic rings. The van der Waals surface area contributed by atoms with Gasteiger partial charge in [-0.15, -0.1) is 0 Å². The van der Waals surface area contributed by atoms with Crippen LogP contribution in [0.15, 0.2) is 42.5 Å². The number of nitro groups is 1. The number of esters is 1. The summed E-state index contributed by atoms with van der Waals surface area (Å²) in [6.45, 7) is 1.11. The van der Waals surface area contributed by atoms with Gasteiger partial charge in [-0.2, -0.15) is 0 Å². The lowest BCUT2D eigenvalue weighted by atomic mass is 10.0. The number of nitrogens with one attached hydrogen (secondary N) is 1. The fourth-order valence-electron chi connectivity index (χ4n) is 3.79. The number of amides is 1. The Bertz CT molecular complexity index is 1190. The summed E-state index contributed by atoms with van der Waals surface area (Å²) in [5.41, 5.74) is 3.34. The second kappa shape index (κ2) is 7.90. The van der Waals surface area contributed by atoms with Crippen molar-refractivity contribution in [2.24, 2.45) is 0 Å². The Balaban J connectivity index is 1.54. The van der Waals surface area contributed by atoms with Gasteiger partial charge in [0.15, 0.2) is 6.61 Å². The topological polar surface area (TPSA) is 111 Å². The molecule has 0 atom stereocenters. The van der Waals surface area contributed by atoms with Crippen LogP contribution in [0.2, 0.25) is 0 Å². The smallest absolute Gasteiger partial charge is 0.339 e. The van der Waals surface area contributed by atoms with Gasteiger partial charge in [0.1, 0.15) is 5.69 Å². The van der Waals surface area contributed by atoms with Gasteiger partial charge >= 0.3 is 5.97 Å². The molecule has 0 saturated carbocycles. The lowest BCUT2D eigenvalue weighted by Crippen LogP contribution is -2.22. The molecule has 8 nitrogen and oxygen atoms in total. The molecule has 1 N–H and O–H groups in total. The van der Waals surface area contributed by atoms with Crippen LogP contribution >= 0.6 is 0 Å². The van der Waals surface area contributed by atoms with Crippen LogP contribution in [0, 0.1) is 17.0 Å². The second-order valence-electron chi connectivity index (χ2n) is 7.13. The number of carbonyl (C=O) groups is 2. The third-order valence-electron chi connectivity index (χ3n) is 5.17. The molecular formula is C22H19N3O5. The van der Waals surface area contributed by atoms with E-state index >= 15 is 0 Å². The molecule has 0 saturated heterocycles. The van der Waals surface area contributed by atoms with E-state index in [1.807, 2.05) is 24.3 Å². The Kier molecular flexibility index (Phi) is 5.14. The first-order valence-corrected chi connectivity index (χ1v) is 9.57. The van der Waals surface area contributed by atoms with Crippen LogP contribution in [0.5, 0.6) is 0 Å². The maximum atomic E-state index is 12.9. The highest BCUT2D eigenvalue weighted by Crippen LogP contribution is 2.31. The summed E-state index contributed by atoms with van der Waals surface area (Å²) in [6.07, 6.45) is 2.45. The SMILES string of the molecule is Cc1cccc([N+](=O)[O-])c1NC(=O)COC(=O)c1c2c(nc3ccccc13)CCC2. The van der Waals surface area contributed by atoms with E-state index in [9.17, 15) is 19.7 Å². The van der Waals surface area contributed by atoms with Crippen molar-refractivity contribution in [3.8, 4) is 0 Å². The van der Waals surface area contributed by atoms with Gasteiger partial charge in [-0.05, 0) is 43.4 Å². The molecular weight excluding hydrogens is 386 g/mol. The van der Waals surface area contributed by atoms with E-state index < -0.39 is 23.4 Å². The first-order chi connectivity index (χ1) is 14.5. The summed E-state index contributed by atoms with van der Waals surface area (Å²) in [5, 5.41) is 14.4. The molecule has 0 radical (unpaired) electrons. The number of aromatic nitrogens is 1. The summed E-state index contributed by atoms with van der Waals surface area (Å²) in [7, 11) is 0.